The maximum Gasteiger partial charge on any atom is 0.409 e. The van der Waals surface area contributed by atoms with Gasteiger partial charge in [0.1, 0.15) is 12.7 Å². The fourth-order valence-electron chi connectivity index (χ4n) is 4.24. The lowest BCUT2D eigenvalue weighted by Gasteiger charge is -2.30. The molecule has 5 nitrogen and oxygen atoms in total. The number of likely N-dealkylation sites (tertiary alicyclic amines) is 1. The number of aliphatic hydroxyl groups excluding tert-OH is 1. The van der Waals surface area contributed by atoms with Gasteiger partial charge in [0.25, 0.3) is 0 Å². The molecule has 5 heteroatoms. The van der Waals surface area contributed by atoms with E-state index in [9.17, 15) is 9.90 Å². The number of amides is 1. The molecule has 0 aliphatic carbocycles. The molecule has 0 spiro atoms. The van der Waals surface area contributed by atoms with Crippen LogP contribution >= 0.6 is 0 Å². The van der Waals surface area contributed by atoms with E-state index in [1.165, 1.54) is 16.7 Å². The van der Waals surface area contributed by atoms with Gasteiger partial charge in [-0.15, -0.1) is 0 Å². The molecule has 0 saturated carbocycles. The second-order valence-electron chi connectivity index (χ2n) is 7.83. The molecule has 0 aromatic heterocycles. The van der Waals surface area contributed by atoms with Crippen molar-refractivity contribution in [2.75, 3.05) is 32.8 Å². The number of hydrogen-bond acceptors (Lipinski definition) is 4. The highest BCUT2D eigenvalue weighted by Gasteiger charge is 2.28. The van der Waals surface area contributed by atoms with Crippen molar-refractivity contribution in [2.24, 2.45) is 0 Å². The smallest absolute Gasteiger partial charge is 0.409 e. The first-order valence-electron chi connectivity index (χ1n) is 10.1. The lowest BCUT2D eigenvalue weighted by atomic mass is 9.99. The van der Waals surface area contributed by atoms with E-state index in [0.717, 1.165) is 25.9 Å². The third-order valence-electron chi connectivity index (χ3n) is 5.80. The number of hydrogen-bond donors (Lipinski definition) is 1. The van der Waals surface area contributed by atoms with Crippen LogP contribution in [0, 0.1) is 0 Å². The fraction of sp³-hybridized carbons (Fsp3) is 0.435. The molecule has 1 fully saturated rings. The van der Waals surface area contributed by atoms with Gasteiger partial charge in [0.15, 0.2) is 0 Å². The molecule has 1 saturated heterocycles. The SMILES string of the molecule is O=C(OC[C@@H](O)CN1CCc2ccccc2C1)N1CCC(c2ccccc2)C1. The first-order valence-corrected chi connectivity index (χ1v) is 10.1. The molecule has 2 heterocycles. The van der Waals surface area contributed by atoms with Crippen LogP contribution in [-0.4, -0.2) is 59.9 Å². The van der Waals surface area contributed by atoms with Crippen molar-refractivity contribution in [3.8, 4) is 0 Å². The van der Waals surface area contributed by atoms with Gasteiger partial charge in [-0.05, 0) is 29.5 Å². The summed E-state index contributed by atoms with van der Waals surface area (Å²) < 4.78 is 5.39. The van der Waals surface area contributed by atoms with Gasteiger partial charge in [-0.3, -0.25) is 4.90 Å². The van der Waals surface area contributed by atoms with Crippen molar-refractivity contribution in [3.05, 3.63) is 71.3 Å². The topological polar surface area (TPSA) is 53.0 Å². The fourth-order valence-corrected chi connectivity index (χ4v) is 4.24. The van der Waals surface area contributed by atoms with E-state index in [1.54, 1.807) is 4.90 Å². The van der Waals surface area contributed by atoms with Gasteiger partial charge >= 0.3 is 6.09 Å². The number of benzene rings is 2. The van der Waals surface area contributed by atoms with E-state index in [2.05, 4.69) is 41.3 Å². The highest BCUT2D eigenvalue weighted by molar-refractivity contribution is 5.68. The molecule has 2 aliphatic rings. The lowest BCUT2D eigenvalue weighted by Crippen LogP contribution is -2.39. The molecular weight excluding hydrogens is 352 g/mol. The number of carbonyl (C=O) groups excluding carboxylic acids is 1. The van der Waals surface area contributed by atoms with Crippen LogP contribution in [0.1, 0.15) is 29.0 Å². The highest BCUT2D eigenvalue weighted by atomic mass is 16.6. The van der Waals surface area contributed by atoms with Crippen molar-refractivity contribution in [3.63, 3.8) is 0 Å². The first-order chi connectivity index (χ1) is 13.7. The number of β-amino-alcohol motifs (C(OH)–C–C–N with tert-alkyl or cyclic N) is 1. The predicted octanol–water partition coefficient (Wildman–Crippen LogP) is 3.03. The summed E-state index contributed by atoms with van der Waals surface area (Å²) >= 11 is 0. The summed E-state index contributed by atoms with van der Waals surface area (Å²) in [5, 5.41) is 10.3. The summed E-state index contributed by atoms with van der Waals surface area (Å²) in [6.07, 6.45) is 0.967. The van der Waals surface area contributed by atoms with Crippen LogP contribution in [-0.2, 0) is 17.7 Å². The van der Waals surface area contributed by atoms with Crippen molar-refractivity contribution < 1.29 is 14.6 Å². The third-order valence-corrected chi connectivity index (χ3v) is 5.80. The van der Waals surface area contributed by atoms with Crippen LogP contribution in [0.4, 0.5) is 4.79 Å². The molecule has 1 unspecified atom stereocenters. The maximum absolute atomic E-state index is 12.4. The zero-order chi connectivity index (χ0) is 19.3. The van der Waals surface area contributed by atoms with Gasteiger partial charge < -0.3 is 14.7 Å². The van der Waals surface area contributed by atoms with E-state index in [-0.39, 0.29) is 12.7 Å². The monoisotopic (exact) mass is 380 g/mol. The molecule has 148 valence electrons. The van der Waals surface area contributed by atoms with Gasteiger partial charge in [0, 0.05) is 38.6 Å². The summed E-state index contributed by atoms with van der Waals surface area (Å²) in [5.74, 6) is 0.368. The zero-order valence-corrected chi connectivity index (χ0v) is 16.2. The second kappa shape index (κ2) is 8.76. The minimum absolute atomic E-state index is 0.0451. The third kappa shape index (κ3) is 4.54. The molecule has 2 aliphatic heterocycles. The van der Waals surface area contributed by atoms with E-state index < -0.39 is 6.10 Å². The Morgan fingerprint density at radius 2 is 1.82 bits per heavy atom. The van der Waals surface area contributed by atoms with Gasteiger partial charge in [-0.1, -0.05) is 54.6 Å². The van der Waals surface area contributed by atoms with E-state index in [0.29, 0.717) is 25.6 Å². The van der Waals surface area contributed by atoms with Crippen LogP contribution in [0.15, 0.2) is 54.6 Å². The van der Waals surface area contributed by atoms with Crippen molar-refractivity contribution in [1.82, 2.24) is 9.80 Å². The summed E-state index contributed by atoms with van der Waals surface area (Å²) in [6.45, 7) is 3.72. The number of nitrogens with zero attached hydrogens (tertiary/aromatic N) is 2. The first kappa shape index (κ1) is 19.0. The molecule has 4 rings (SSSR count). The number of carbonyl (C=O) groups is 1. The predicted molar refractivity (Wildman–Crippen MR) is 108 cm³/mol. The molecule has 1 amide bonds. The average molecular weight is 380 g/mol. The van der Waals surface area contributed by atoms with Crippen LogP contribution < -0.4 is 0 Å². The summed E-state index contributed by atoms with van der Waals surface area (Å²) in [5.41, 5.74) is 3.98. The molecule has 28 heavy (non-hydrogen) atoms. The number of aliphatic hydroxyl groups is 1. The Labute approximate surface area is 166 Å². The van der Waals surface area contributed by atoms with Crippen LogP contribution in [0.5, 0.6) is 0 Å². The Bertz CT molecular complexity index is 795. The largest absolute Gasteiger partial charge is 0.447 e. The minimum Gasteiger partial charge on any atom is -0.447 e. The zero-order valence-electron chi connectivity index (χ0n) is 16.2. The van der Waals surface area contributed by atoms with Gasteiger partial charge in [0.05, 0.1) is 0 Å². The van der Waals surface area contributed by atoms with Gasteiger partial charge in [-0.25, -0.2) is 4.79 Å². The minimum atomic E-state index is -0.665. The number of ether oxygens (including phenoxy) is 1. The molecule has 0 radical (unpaired) electrons. The molecular formula is C23H28N2O3. The lowest BCUT2D eigenvalue weighted by molar-refractivity contribution is 0.0295. The van der Waals surface area contributed by atoms with E-state index >= 15 is 0 Å². The Morgan fingerprint density at radius 1 is 1.07 bits per heavy atom. The highest BCUT2D eigenvalue weighted by Crippen LogP contribution is 2.27. The van der Waals surface area contributed by atoms with E-state index in [1.807, 2.05) is 18.2 Å². The summed E-state index contributed by atoms with van der Waals surface area (Å²) in [4.78, 5) is 16.3. The van der Waals surface area contributed by atoms with Crippen molar-refractivity contribution >= 4 is 6.09 Å². The van der Waals surface area contributed by atoms with Crippen LogP contribution in [0.2, 0.25) is 0 Å². The Balaban J connectivity index is 1.21. The van der Waals surface area contributed by atoms with E-state index in [4.69, 9.17) is 4.74 Å². The summed E-state index contributed by atoms with van der Waals surface area (Å²) in [6, 6.07) is 18.7. The maximum atomic E-state index is 12.4. The Hall–Kier alpha value is -2.37. The standard InChI is InChI=1S/C23H28N2O3/c26-22(16-24-12-10-19-8-4-5-9-20(19)14-24)17-28-23(27)25-13-11-21(15-25)18-6-2-1-3-7-18/h1-9,21-22,26H,10-17H2/t21?,22-/m0/s1. The normalized spacial score (nSPS) is 20.6. The molecule has 2 aromatic rings. The summed E-state index contributed by atoms with van der Waals surface area (Å²) in [7, 11) is 0. The molecule has 0 bridgehead atoms. The van der Waals surface area contributed by atoms with Crippen LogP contribution in [0.25, 0.3) is 0 Å². The van der Waals surface area contributed by atoms with Crippen LogP contribution in [0.3, 0.4) is 0 Å². The Kier molecular flexibility index (Phi) is 5.93. The van der Waals surface area contributed by atoms with Crippen molar-refractivity contribution in [1.29, 1.82) is 0 Å². The van der Waals surface area contributed by atoms with Gasteiger partial charge in [0.2, 0.25) is 0 Å². The van der Waals surface area contributed by atoms with Gasteiger partial charge in [-0.2, -0.15) is 0 Å². The quantitative estimate of drug-likeness (QED) is 0.866. The molecule has 2 atom stereocenters. The molecule has 1 N–H and O–H groups in total. The number of rotatable bonds is 5. The Morgan fingerprint density at radius 3 is 2.64 bits per heavy atom. The van der Waals surface area contributed by atoms with Crippen molar-refractivity contribution in [2.45, 2.75) is 31.4 Å². The molecule has 2 aromatic carbocycles. The average Bonchev–Trinajstić information content (AvgIpc) is 3.23. The number of fused-ring (bicyclic) bond motifs is 1. The second-order valence-corrected chi connectivity index (χ2v) is 7.83.